The minimum Gasteiger partial charge on any atom is -0.493 e. The molecule has 0 N–H and O–H groups in total. The average Bonchev–Trinajstić information content (AvgIpc) is 2.96. The summed E-state index contributed by atoms with van der Waals surface area (Å²) in [5, 5.41) is 8.25. The van der Waals surface area contributed by atoms with E-state index < -0.39 is 17.0 Å². The Bertz CT molecular complexity index is 1030. The maximum atomic E-state index is 14.0. The van der Waals surface area contributed by atoms with Crippen LogP contribution in [-0.4, -0.2) is 29.8 Å². The van der Waals surface area contributed by atoms with E-state index in [0.29, 0.717) is 17.1 Å². The largest absolute Gasteiger partial charge is 0.493 e. The maximum Gasteiger partial charge on any atom is 0.293 e. The summed E-state index contributed by atoms with van der Waals surface area (Å²) in [5.41, 5.74) is 0.680. The Labute approximate surface area is 175 Å². The van der Waals surface area contributed by atoms with Crippen LogP contribution in [0.3, 0.4) is 0 Å². The molecule has 1 aliphatic heterocycles. The second-order valence-corrected chi connectivity index (χ2v) is 7.23. The second kappa shape index (κ2) is 8.99. The molecular formula is C20H14ClFN2O4S. The van der Waals surface area contributed by atoms with E-state index in [9.17, 15) is 14.0 Å². The van der Waals surface area contributed by atoms with Crippen LogP contribution in [0.4, 0.5) is 9.18 Å². The van der Waals surface area contributed by atoms with E-state index in [1.807, 2.05) is 6.07 Å². The van der Waals surface area contributed by atoms with Crippen molar-refractivity contribution in [1.82, 2.24) is 4.90 Å². The minimum absolute atomic E-state index is 0.0818. The Hall–Kier alpha value is -3.02. The summed E-state index contributed by atoms with van der Waals surface area (Å²) in [5.74, 6) is -0.360. The fourth-order valence-corrected chi connectivity index (χ4v) is 3.69. The second-order valence-electron chi connectivity index (χ2n) is 5.83. The van der Waals surface area contributed by atoms with Crippen molar-refractivity contribution in [2.45, 2.75) is 6.54 Å². The molecule has 1 fully saturated rings. The van der Waals surface area contributed by atoms with Gasteiger partial charge in [0.15, 0.2) is 18.1 Å². The quantitative estimate of drug-likeness (QED) is 0.619. The Morgan fingerprint density at radius 1 is 1.28 bits per heavy atom. The number of nitrogens with zero attached hydrogens (tertiary/aromatic N) is 2. The number of carbonyl (C=O) groups is 2. The van der Waals surface area contributed by atoms with Gasteiger partial charge in [-0.2, -0.15) is 5.26 Å². The lowest BCUT2D eigenvalue weighted by molar-refractivity contribution is -0.123. The number of halogens is 2. The highest BCUT2D eigenvalue weighted by molar-refractivity contribution is 8.18. The van der Waals surface area contributed by atoms with Crippen LogP contribution in [0.5, 0.6) is 11.5 Å². The molecule has 9 heteroatoms. The third-order valence-electron chi connectivity index (χ3n) is 4.03. The van der Waals surface area contributed by atoms with Crippen molar-refractivity contribution < 1.29 is 23.5 Å². The van der Waals surface area contributed by atoms with E-state index in [-0.39, 0.29) is 28.6 Å². The molecule has 0 bridgehead atoms. The minimum atomic E-state index is -0.585. The van der Waals surface area contributed by atoms with Crippen molar-refractivity contribution in [2.75, 3.05) is 13.7 Å². The summed E-state index contributed by atoms with van der Waals surface area (Å²) < 4.78 is 24.5. The molecule has 148 valence electrons. The van der Waals surface area contributed by atoms with E-state index >= 15 is 0 Å². The van der Waals surface area contributed by atoms with Gasteiger partial charge < -0.3 is 9.47 Å². The molecule has 2 aromatic rings. The number of amides is 2. The summed E-state index contributed by atoms with van der Waals surface area (Å²) in [6.07, 6.45) is 1.53. The van der Waals surface area contributed by atoms with Gasteiger partial charge in [0.2, 0.25) is 0 Å². The molecule has 2 amide bonds. The monoisotopic (exact) mass is 432 g/mol. The van der Waals surface area contributed by atoms with Crippen LogP contribution in [0.2, 0.25) is 5.02 Å². The molecule has 1 saturated heterocycles. The highest BCUT2D eigenvalue weighted by atomic mass is 35.5. The first-order valence-corrected chi connectivity index (χ1v) is 9.50. The van der Waals surface area contributed by atoms with Crippen LogP contribution in [0, 0.1) is 17.1 Å². The van der Waals surface area contributed by atoms with Crippen LogP contribution < -0.4 is 9.47 Å². The number of carbonyl (C=O) groups excluding carboxylic acids is 2. The zero-order valence-electron chi connectivity index (χ0n) is 15.1. The highest BCUT2D eigenvalue weighted by Gasteiger charge is 2.35. The van der Waals surface area contributed by atoms with E-state index in [4.69, 9.17) is 26.3 Å². The Morgan fingerprint density at radius 2 is 2.07 bits per heavy atom. The number of imide groups is 1. The van der Waals surface area contributed by atoms with Gasteiger partial charge in [-0.3, -0.25) is 14.5 Å². The van der Waals surface area contributed by atoms with Crippen molar-refractivity contribution in [2.24, 2.45) is 0 Å². The first-order chi connectivity index (χ1) is 13.9. The van der Waals surface area contributed by atoms with Gasteiger partial charge in [-0.05, 0) is 47.7 Å². The topological polar surface area (TPSA) is 79.6 Å². The smallest absolute Gasteiger partial charge is 0.293 e. The molecule has 0 spiro atoms. The maximum absolute atomic E-state index is 14.0. The lowest BCUT2D eigenvalue weighted by Gasteiger charge is -2.14. The fraction of sp³-hybridized carbons (Fsp3) is 0.150. The van der Waals surface area contributed by atoms with Gasteiger partial charge in [0.1, 0.15) is 11.9 Å². The first kappa shape index (κ1) is 20.7. The highest BCUT2D eigenvalue weighted by Crippen LogP contribution is 2.36. The molecule has 1 aliphatic rings. The lowest BCUT2D eigenvalue weighted by Crippen LogP contribution is -2.28. The number of hydrogen-bond acceptors (Lipinski definition) is 6. The molecular weight excluding hydrogens is 419 g/mol. The van der Waals surface area contributed by atoms with E-state index in [1.54, 1.807) is 18.2 Å². The summed E-state index contributed by atoms with van der Waals surface area (Å²) >= 11 is 6.75. The van der Waals surface area contributed by atoms with Gasteiger partial charge in [0.05, 0.1) is 18.6 Å². The predicted molar refractivity (Wildman–Crippen MR) is 107 cm³/mol. The predicted octanol–water partition coefficient (Wildman–Crippen LogP) is 4.63. The molecule has 0 radical (unpaired) electrons. The van der Waals surface area contributed by atoms with Crippen LogP contribution in [0.15, 0.2) is 41.3 Å². The standard InChI is InChI=1S/C20H14ClFN2O4S/c1-27-17-9-12(5-6-16(17)28-8-7-23)10-18-19(25)24(20(26)29-18)11-13-14(21)3-2-4-15(13)22/h2-6,9-10H,8,11H2,1H3/b18-10-. The summed E-state index contributed by atoms with van der Waals surface area (Å²) in [6, 6.07) is 10.9. The number of thioether (sulfide) groups is 1. The molecule has 0 atom stereocenters. The molecule has 1 heterocycles. The SMILES string of the molecule is COc1cc(/C=C2\SC(=O)N(Cc3c(F)cccc3Cl)C2=O)ccc1OCC#N. The van der Waals surface area contributed by atoms with Crippen molar-refractivity contribution in [3.63, 3.8) is 0 Å². The summed E-state index contributed by atoms with van der Waals surface area (Å²) in [4.78, 5) is 26.1. The van der Waals surface area contributed by atoms with Crippen molar-refractivity contribution in [1.29, 1.82) is 5.26 Å². The van der Waals surface area contributed by atoms with Gasteiger partial charge in [0.25, 0.3) is 11.1 Å². The van der Waals surface area contributed by atoms with Gasteiger partial charge in [-0.1, -0.05) is 23.7 Å². The fourth-order valence-electron chi connectivity index (χ4n) is 2.63. The van der Waals surface area contributed by atoms with E-state index in [1.165, 1.54) is 31.4 Å². The number of methoxy groups -OCH3 is 1. The molecule has 0 saturated carbocycles. The van der Waals surface area contributed by atoms with E-state index in [2.05, 4.69) is 0 Å². The third kappa shape index (κ3) is 4.53. The normalized spacial score (nSPS) is 15.0. The summed E-state index contributed by atoms with van der Waals surface area (Å²) in [6.45, 7) is -0.384. The van der Waals surface area contributed by atoms with Crippen LogP contribution >= 0.6 is 23.4 Å². The number of hydrogen-bond donors (Lipinski definition) is 0. The van der Waals surface area contributed by atoms with Crippen LogP contribution in [0.25, 0.3) is 6.08 Å². The molecule has 29 heavy (non-hydrogen) atoms. The number of ether oxygens (including phenoxy) is 2. The third-order valence-corrected chi connectivity index (χ3v) is 5.29. The van der Waals surface area contributed by atoms with Crippen LogP contribution in [0.1, 0.15) is 11.1 Å². The van der Waals surface area contributed by atoms with Gasteiger partial charge in [0, 0.05) is 10.6 Å². The van der Waals surface area contributed by atoms with Crippen molar-refractivity contribution in [3.8, 4) is 17.6 Å². The van der Waals surface area contributed by atoms with Crippen molar-refractivity contribution >= 4 is 40.6 Å². The zero-order chi connectivity index (χ0) is 21.0. The number of benzene rings is 2. The van der Waals surface area contributed by atoms with Crippen LogP contribution in [-0.2, 0) is 11.3 Å². The molecule has 0 aliphatic carbocycles. The zero-order valence-corrected chi connectivity index (χ0v) is 16.7. The lowest BCUT2D eigenvalue weighted by atomic mass is 10.1. The van der Waals surface area contributed by atoms with Gasteiger partial charge in [-0.25, -0.2) is 4.39 Å². The Balaban J connectivity index is 1.84. The van der Waals surface area contributed by atoms with Crippen molar-refractivity contribution in [3.05, 3.63) is 63.3 Å². The summed E-state index contributed by atoms with van der Waals surface area (Å²) in [7, 11) is 1.45. The number of nitriles is 1. The molecule has 2 aromatic carbocycles. The number of rotatable bonds is 6. The molecule has 3 rings (SSSR count). The molecule has 0 unspecified atom stereocenters. The molecule has 0 aromatic heterocycles. The van der Waals surface area contributed by atoms with Gasteiger partial charge in [-0.15, -0.1) is 0 Å². The Kier molecular flexibility index (Phi) is 6.42. The van der Waals surface area contributed by atoms with Gasteiger partial charge >= 0.3 is 0 Å². The average molecular weight is 433 g/mol. The Morgan fingerprint density at radius 3 is 2.76 bits per heavy atom. The first-order valence-electron chi connectivity index (χ1n) is 8.30. The van der Waals surface area contributed by atoms with E-state index in [0.717, 1.165) is 16.7 Å². The molecule has 6 nitrogen and oxygen atoms in total.